The number of anilines is 1. The minimum Gasteiger partial charge on any atom is -0.370 e. The maximum atomic E-state index is 11.3. The van der Waals surface area contributed by atoms with Gasteiger partial charge >= 0.3 is 6.03 Å². The van der Waals surface area contributed by atoms with Gasteiger partial charge in [0.15, 0.2) is 5.65 Å². The average Bonchev–Trinajstić information content (AvgIpc) is 3.12. The summed E-state index contributed by atoms with van der Waals surface area (Å²) in [6.07, 6.45) is 15.5. The van der Waals surface area contributed by atoms with Crippen molar-refractivity contribution in [2.75, 3.05) is 25.0 Å². The van der Waals surface area contributed by atoms with Crippen molar-refractivity contribution >= 4 is 50.6 Å². The number of aromatic nitrogens is 3. The highest BCUT2D eigenvalue weighted by Gasteiger charge is 2.21. The van der Waals surface area contributed by atoms with Crippen molar-refractivity contribution in [3.05, 3.63) is 39.6 Å². The molecule has 2 amide bonds. The first-order valence-corrected chi connectivity index (χ1v) is 10.7. The number of nitrogens with zero attached hydrogens (tertiary/aromatic N) is 4. The van der Waals surface area contributed by atoms with E-state index in [9.17, 15) is 4.79 Å². The van der Waals surface area contributed by atoms with Gasteiger partial charge in [-0.05, 0) is 48.5 Å². The molecule has 3 heterocycles. The fourth-order valence-corrected chi connectivity index (χ4v) is 3.86. The van der Waals surface area contributed by atoms with Crippen molar-refractivity contribution in [1.29, 1.82) is 0 Å². The molecule has 30 heavy (non-hydrogen) atoms. The maximum absolute atomic E-state index is 11.3. The summed E-state index contributed by atoms with van der Waals surface area (Å²) in [5.74, 6) is 1.31. The summed E-state index contributed by atoms with van der Waals surface area (Å²) in [4.78, 5) is 17.7. The number of hydrogen-bond donors (Lipinski definition) is 2. The number of allylic oxidation sites excluding steroid dienone is 4. The van der Waals surface area contributed by atoms with E-state index in [-0.39, 0.29) is 6.03 Å². The molecule has 1 aliphatic heterocycles. The molecule has 0 spiro atoms. The van der Waals surface area contributed by atoms with E-state index in [0.29, 0.717) is 24.0 Å². The van der Waals surface area contributed by atoms with Gasteiger partial charge < -0.3 is 16.0 Å². The highest BCUT2D eigenvalue weighted by atomic mass is 79.9. The van der Waals surface area contributed by atoms with Crippen LogP contribution in [0.1, 0.15) is 32.4 Å². The van der Waals surface area contributed by atoms with Gasteiger partial charge in [-0.1, -0.05) is 23.8 Å². The van der Waals surface area contributed by atoms with Crippen LogP contribution < -0.4 is 11.1 Å². The predicted molar refractivity (Wildman–Crippen MR) is 126 cm³/mol. The molecule has 1 aliphatic rings. The van der Waals surface area contributed by atoms with Gasteiger partial charge in [-0.15, -0.1) is 12.8 Å². The zero-order valence-corrected chi connectivity index (χ0v) is 19.4. The number of urea groups is 1. The number of piperidine rings is 1. The lowest BCUT2D eigenvalue weighted by Gasteiger charge is -2.31. The molecule has 3 N–H and O–H groups in total. The Labute approximate surface area is 190 Å². The number of terminal acetylenes is 1. The molecule has 2 aromatic rings. The van der Waals surface area contributed by atoms with Gasteiger partial charge in [-0.2, -0.15) is 9.61 Å². The number of nitrogens with one attached hydrogen (secondary N) is 1. The van der Waals surface area contributed by atoms with Gasteiger partial charge in [-0.3, -0.25) is 0 Å². The summed E-state index contributed by atoms with van der Waals surface area (Å²) >= 11 is 9.82. The second-order valence-corrected chi connectivity index (χ2v) is 8.27. The summed E-state index contributed by atoms with van der Waals surface area (Å²) in [5, 5.41) is 8.60. The van der Waals surface area contributed by atoms with Gasteiger partial charge in [0.25, 0.3) is 0 Å². The smallest absolute Gasteiger partial charge is 0.314 e. The summed E-state index contributed by atoms with van der Waals surface area (Å²) in [7, 11) is 0. The summed E-state index contributed by atoms with van der Waals surface area (Å²) in [6.45, 7) is 5.99. The molecule has 160 valence electrons. The van der Waals surface area contributed by atoms with E-state index in [0.717, 1.165) is 46.6 Å². The third-order valence-corrected chi connectivity index (χ3v) is 5.67. The van der Waals surface area contributed by atoms with E-state index in [1.165, 1.54) is 0 Å². The number of amides is 2. The van der Waals surface area contributed by atoms with Gasteiger partial charge in [0, 0.05) is 36.3 Å². The second-order valence-electron chi connectivity index (χ2n) is 6.85. The molecule has 0 radical (unpaired) electrons. The standard InChI is InChI=1S/C19H24BrClN6O.C2H2/c1-3-4-14(12(2)21)16-9-17(27-18(25-16)15(20)11-24-27)23-10-13-5-7-26(8-6-13)19(22)28;1-2/h3-4,9,11,13,23H,5-8,10H2,1-2H3,(H2,22,28);1-2H/b4-3-,14-12-;. The van der Waals surface area contributed by atoms with E-state index in [4.69, 9.17) is 22.3 Å². The Hall–Kier alpha value is -2.50. The van der Waals surface area contributed by atoms with Gasteiger partial charge in [0.1, 0.15) is 5.82 Å². The van der Waals surface area contributed by atoms with E-state index in [1.807, 2.05) is 32.1 Å². The number of hydrogen-bond acceptors (Lipinski definition) is 4. The summed E-state index contributed by atoms with van der Waals surface area (Å²) < 4.78 is 2.60. The fraction of sp³-hybridized carbons (Fsp3) is 0.381. The van der Waals surface area contributed by atoms with Crippen LogP contribution in [-0.4, -0.2) is 45.2 Å². The van der Waals surface area contributed by atoms with E-state index >= 15 is 0 Å². The monoisotopic (exact) mass is 492 g/mol. The predicted octanol–water partition coefficient (Wildman–Crippen LogP) is 4.49. The minimum absolute atomic E-state index is 0.340. The van der Waals surface area contributed by atoms with Crippen molar-refractivity contribution in [2.45, 2.75) is 26.7 Å². The van der Waals surface area contributed by atoms with Crippen LogP contribution in [0.25, 0.3) is 11.2 Å². The molecule has 0 atom stereocenters. The molecule has 1 saturated heterocycles. The lowest BCUT2D eigenvalue weighted by Crippen LogP contribution is -2.42. The number of carbonyl (C=O) groups excluding carboxylic acids is 1. The minimum atomic E-state index is -0.340. The van der Waals surface area contributed by atoms with E-state index < -0.39 is 0 Å². The Morgan fingerprint density at radius 2 is 2.10 bits per heavy atom. The zero-order chi connectivity index (χ0) is 22.3. The van der Waals surface area contributed by atoms with Crippen molar-refractivity contribution in [3.63, 3.8) is 0 Å². The first-order chi connectivity index (χ1) is 14.4. The van der Waals surface area contributed by atoms with Crippen LogP contribution >= 0.6 is 27.5 Å². The first-order valence-electron chi connectivity index (χ1n) is 9.56. The third kappa shape index (κ3) is 5.55. The SMILES string of the molecule is C#C.C/C=C\C(=C(/C)Cl)c1cc(NCC2CCN(C(N)=O)CC2)n2ncc(Br)c2n1. The largest absolute Gasteiger partial charge is 0.370 e. The Balaban J connectivity index is 0.00000155. The number of primary amides is 1. The van der Waals surface area contributed by atoms with Crippen molar-refractivity contribution < 1.29 is 4.79 Å². The van der Waals surface area contributed by atoms with E-state index in [1.54, 1.807) is 15.6 Å². The number of halogens is 2. The molecule has 0 aliphatic carbocycles. The quantitative estimate of drug-likeness (QED) is 0.474. The van der Waals surface area contributed by atoms with Crippen LogP contribution in [-0.2, 0) is 0 Å². The highest BCUT2D eigenvalue weighted by molar-refractivity contribution is 9.10. The molecule has 2 aromatic heterocycles. The molecule has 0 unspecified atom stereocenters. The molecule has 1 fully saturated rings. The third-order valence-electron chi connectivity index (χ3n) is 4.91. The molecule has 3 rings (SSSR count). The normalized spacial score (nSPS) is 15.6. The Morgan fingerprint density at radius 3 is 2.67 bits per heavy atom. The summed E-state index contributed by atoms with van der Waals surface area (Å²) in [5.41, 5.74) is 7.74. The molecule has 0 saturated carbocycles. The van der Waals surface area contributed by atoms with Crippen LogP contribution in [0, 0.1) is 18.8 Å². The molecule has 0 bridgehead atoms. The Bertz CT molecular complexity index is 969. The Kier molecular flexibility index (Phi) is 8.75. The lowest BCUT2D eigenvalue weighted by molar-refractivity contribution is 0.181. The number of likely N-dealkylation sites (tertiary alicyclic amines) is 1. The molecular formula is C21H26BrClN6O. The molecule has 7 nitrogen and oxygen atoms in total. The van der Waals surface area contributed by atoms with Crippen molar-refractivity contribution in [3.8, 4) is 12.8 Å². The van der Waals surface area contributed by atoms with Crippen molar-refractivity contribution in [2.24, 2.45) is 11.7 Å². The number of carbonyl (C=O) groups is 1. The van der Waals surface area contributed by atoms with Crippen LogP contribution in [0.4, 0.5) is 10.6 Å². The lowest BCUT2D eigenvalue weighted by atomic mass is 9.97. The topological polar surface area (TPSA) is 88.5 Å². The van der Waals surface area contributed by atoms with Crippen LogP contribution in [0.5, 0.6) is 0 Å². The average molecular weight is 494 g/mol. The Morgan fingerprint density at radius 1 is 1.43 bits per heavy atom. The maximum Gasteiger partial charge on any atom is 0.314 e. The van der Waals surface area contributed by atoms with Crippen LogP contribution in [0.3, 0.4) is 0 Å². The number of fused-ring (bicyclic) bond motifs is 1. The first kappa shape index (κ1) is 23.8. The number of nitrogens with two attached hydrogens (primary N) is 1. The molecule has 0 aromatic carbocycles. The zero-order valence-electron chi connectivity index (χ0n) is 17.1. The van der Waals surface area contributed by atoms with Crippen LogP contribution in [0.15, 0.2) is 33.9 Å². The van der Waals surface area contributed by atoms with Crippen molar-refractivity contribution in [1.82, 2.24) is 19.5 Å². The fourth-order valence-electron chi connectivity index (χ4n) is 3.35. The number of rotatable bonds is 5. The molecular weight excluding hydrogens is 468 g/mol. The summed E-state index contributed by atoms with van der Waals surface area (Å²) in [6, 6.07) is 1.62. The van der Waals surface area contributed by atoms with E-state index in [2.05, 4.69) is 39.2 Å². The van der Waals surface area contributed by atoms with Gasteiger partial charge in [-0.25, -0.2) is 9.78 Å². The van der Waals surface area contributed by atoms with Gasteiger partial charge in [0.05, 0.1) is 16.4 Å². The van der Waals surface area contributed by atoms with Crippen LogP contribution in [0.2, 0.25) is 0 Å². The second kappa shape index (κ2) is 11.0. The van der Waals surface area contributed by atoms with Gasteiger partial charge in [0.2, 0.25) is 0 Å². The highest BCUT2D eigenvalue weighted by Crippen LogP contribution is 2.27. The molecule has 9 heteroatoms.